The SMILES string of the molecule is Cc1ccc(-c2c3c(nc4sc5c(c24)CCC5)-c2ccccc2OC3c2ccccc2)cc1.Cl. The molecule has 0 spiro atoms. The number of pyridine rings is 1. The van der Waals surface area contributed by atoms with Crippen LogP contribution in [-0.2, 0) is 12.8 Å². The normalized spacial score (nSPS) is 15.7. The van der Waals surface area contributed by atoms with E-state index >= 15 is 0 Å². The van der Waals surface area contributed by atoms with Gasteiger partial charge in [0.05, 0.1) is 5.69 Å². The number of hydrogen-bond acceptors (Lipinski definition) is 3. The molecule has 0 radical (unpaired) electrons. The van der Waals surface area contributed by atoms with Crippen molar-refractivity contribution < 1.29 is 4.74 Å². The molecule has 0 fully saturated rings. The molecular formula is C30H24ClNOS. The Hall–Kier alpha value is -3.14. The maximum atomic E-state index is 6.74. The summed E-state index contributed by atoms with van der Waals surface area (Å²) >= 11 is 1.89. The number of nitrogens with zero attached hydrogens (tertiary/aromatic N) is 1. The molecule has 7 rings (SSSR count). The number of ether oxygens (including phenoxy) is 1. The fraction of sp³-hybridized carbons (Fsp3) is 0.167. The van der Waals surface area contributed by atoms with Crippen molar-refractivity contribution in [3.63, 3.8) is 0 Å². The highest BCUT2D eigenvalue weighted by Crippen LogP contribution is 2.52. The van der Waals surface area contributed by atoms with Gasteiger partial charge in [-0.05, 0) is 55.0 Å². The van der Waals surface area contributed by atoms with Crippen LogP contribution in [-0.4, -0.2) is 4.98 Å². The van der Waals surface area contributed by atoms with Crippen molar-refractivity contribution in [2.45, 2.75) is 32.3 Å². The Morgan fingerprint density at radius 2 is 1.65 bits per heavy atom. The van der Waals surface area contributed by atoms with Crippen LogP contribution in [0.1, 0.15) is 39.7 Å². The Morgan fingerprint density at radius 3 is 2.47 bits per heavy atom. The Kier molecular flexibility index (Phi) is 5.20. The van der Waals surface area contributed by atoms with E-state index in [0.717, 1.165) is 33.8 Å². The molecule has 2 nitrogen and oxygen atoms in total. The number of thiophene rings is 1. The molecular weight excluding hydrogens is 458 g/mol. The second kappa shape index (κ2) is 8.26. The maximum Gasteiger partial charge on any atom is 0.152 e. The van der Waals surface area contributed by atoms with Crippen molar-refractivity contribution >= 4 is 34.0 Å². The minimum absolute atomic E-state index is 0. The fourth-order valence-electron chi connectivity index (χ4n) is 5.44. The number of rotatable bonds is 2. The molecule has 2 aliphatic rings. The predicted octanol–water partition coefficient (Wildman–Crippen LogP) is 8.33. The highest BCUT2D eigenvalue weighted by atomic mass is 35.5. The summed E-state index contributed by atoms with van der Waals surface area (Å²) in [5.74, 6) is 0.907. The second-order valence-corrected chi connectivity index (χ2v) is 10.1. The molecule has 34 heavy (non-hydrogen) atoms. The van der Waals surface area contributed by atoms with E-state index in [1.807, 2.05) is 17.4 Å². The van der Waals surface area contributed by atoms with E-state index < -0.39 is 0 Å². The second-order valence-electron chi connectivity index (χ2n) is 9.06. The van der Waals surface area contributed by atoms with E-state index in [1.165, 1.54) is 50.9 Å². The lowest BCUT2D eigenvalue weighted by molar-refractivity contribution is 0.243. The van der Waals surface area contributed by atoms with Crippen LogP contribution in [0, 0.1) is 6.92 Å². The van der Waals surface area contributed by atoms with Crippen molar-refractivity contribution in [3.05, 3.63) is 106 Å². The fourth-order valence-corrected chi connectivity index (χ4v) is 6.71. The summed E-state index contributed by atoms with van der Waals surface area (Å²) in [6.07, 6.45) is 3.36. The average Bonchev–Trinajstić information content (AvgIpc) is 3.45. The van der Waals surface area contributed by atoms with Crippen LogP contribution in [0.15, 0.2) is 78.9 Å². The molecule has 1 aliphatic heterocycles. The molecule has 0 N–H and O–H groups in total. The van der Waals surface area contributed by atoms with Gasteiger partial charge in [0.2, 0.25) is 0 Å². The number of aromatic nitrogens is 1. The molecule has 0 saturated carbocycles. The van der Waals surface area contributed by atoms with Crippen molar-refractivity contribution in [1.82, 2.24) is 4.98 Å². The Bertz CT molecular complexity index is 1520. The van der Waals surface area contributed by atoms with Crippen LogP contribution >= 0.6 is 23.7 Å². The number of benzene rings is 3. The molecule has 3 heterocycles. The van der Waals surface area contributed by atoms with E-state index in [0.29, 0.717) is 0 Å². The quantitative estimate of drug-likeness (QED) is 0.253. The molecule has 168 valence electrons. The number of halogens is 1. The smallest absolute Gasteiger partial charge is 0.152 e. The monoisotopic (exact) mass is 481 g/mol. The number of hydrogen-bond donors (Lipinski definition) is 0. The summed E-state index contributed by atoms with van der Waals surface area (Å²) in [6.45, 7) is 2.15. The van der Waals surface area contributed by atoms with E-state index in [-0.39, 0.29) is 18.5 Å². The summed E-state index contributed by atoms with van der Waals surface area (Å²) in [5, 5.41) is 1.35. The minimum Gasteiger partial charge on any atom is -0.480 e. The average molecular weight is 482 g/mol. The number of fused-ring (bicyclic) bond motifs is 6. The molecule has 1 aliphatic carbocycles. The van der Waals surface area contributed by atoms with Crippen molar-refractivity contribution in [3.8, 4) is 28.1 Å². The number of para-hydroxylation sites is 1. The van der Waals surface area contributed by atoms with Gasteiger partial charge in [-0.3, -0.25) is 0 Å². The zero-order valence-corrected chi connectivity index (χ0v) is 20.5. The van der Waals surface area contributed by atoms with Gasteiger partial charge in [-0.25, -0.2) is 4.98 Å². The Morgan fingerprint density at radius 1 is 0.882 bits per heavy atom. The van der Waals surface area contributed by atoms with Crippen LogP contribution in [0.25, 0.3) is 32.6 Å². The minimum atomic E-state index is -0.193. The zero-order chi connectivity index (χ0) is 21.9. The Labute approximate surface area is 209 Å². The van der Waals surface area contributed by atoms with Crippen LogP contribution in [0.4, 0.5) is 0 Å². The maximum absolute atomic E-state index is 6.74. The molecule has 5 aromatic rings. The van der Waals surface area contributed by atoms with E-state index in [9.17, 15) is 0 Å². The summed E-state index contributed by atoms with van der Waals surface area (Å²) in [7, 11) is 0. The van der Waals surface area contributed by atoms with E-state index in [1.54, 1.807) is 0 Å². The van der Waals surface area contributed by atoms with Crippen LogP contribution < -0.4 is 4.74 Å². The molecule has 4 heteroatoms. The molecule has 0 amide bonds. The van der Waals surface area contributed by atoms with Gasteiger partial charge in [-0.2, -0.15) is 0 Å². The van der Waals surface area contributed by atoms with E-state index in [4.69, 9.17) is 9.72 Å². The van der Waals surface area contributed by atoms with Gasteiger partial charge in [-0.15, -0.1) is 23.7 Å². The molecule has 1 atom stereocenters. The van der Waals surface area contributed by atoms with Crippen LogP contribution in [0.2, 0.25) is 0 Å². The highest BCUT2D eigenvalue weighted by molar-refractivity contribution is 7.19. The van der Waals surface area contributed by atoms with Gasteiger partial charge in [0.15, 0.2) is 6.10 Å². The summed E-state index contributed by atoms with van der Waals surface area (Å²) in [6, 6.07) is 27.9. The first-order chi connectivity index (χ1) is 16.3. The van der Waals surface area contributed by atoms with Gasteiger partial charge >= 0.3 is 0 Å². The van der Waals surface area contributed by atoms with Gasteiger partial charge in [-0.1, -0.05) is 72.3 Å². The molecule has 3 aromatic carbocycles. The van der Waals surface area contributed by atoms with Crippen molar-refractivity contribution in [1.29, 1.82) is 0 Å². The Balaban J connectivity index is 0.00000217. The topological polar surface area (TPSA) is 22.1 Å². The molecule has 0 bridgehead atoms. The lowest BCUT2D eigenvalue weighted by Gasteiger charge is -2.31. The lowest BCUT2D eigenvalue weighted by Crippen LogP contribution is -2.18. The van der Waals surface area contributed by atoms with Crippen molar-refractivity contribution in [2.75, 3.05) is 0 Å². The number of aryl methyl sites for hydroxylation is 3. The first-order valence-electron chi connectivity index (χ1n) is 11.6. The first-order valence-corrected chi connectivity index (χ1v) is 12.5. The third-order valence-electron chi connectivity index (χ3n) is 6.98. The third kappa shape index (κ3) is 3.19. The lowest BCUT2D eigenvalue weighted by atomic mass is 9.85. The van der Waals surface area contributed by atoms with Gasteiger partial charge in [0, 0.05) is 27.0 Å². The third-order valence-corrected chi connectivity index (χ3v) is 8.17. The predicted molar refractivity (Wildman–Crippen MR) is 143 cm³/mol. The van der Waals surface area contributed by atoms with Gasteiger partial charge < -0.3 is 4.74 Å². The largest absolute Gasteiger partial charge is 0.480 e. The summed E-state index contributed by atoms with van der Waals surface area (Å²) < 4.78 is 6.74. The molecule has 1 unspecified atom stereocenters. The molecule has 0 saturated heterocycles. The first kappa shape index (κ1) is 21.4. The summed E-state index contributed by atoms with van der Waals surface area (Å²) in [4.78, 5) is 8.02. The summed E-state index contributed by atoms with van der Waals surface area (Å²) in [5.41, 5.74) is 9.84. The van der Waals surface area contributed by atoms with Crippen LogP contribution in [0.5, 0.6) is 5.75 Å². The van der Waals surface area contributed by atoms with Crippen molar-refractivity contribution in [2.24, 2.45) is 0 Å². The van der Waals surface area contributed by atoms with E-state index in [2.05, 4.69) is 79.7 Å². The zero-order valence-electron chi connectivity index (χ0n) is 18.9. The standard InChI is InChI=1S/C30H23NOS.ClH/c1-18-14-16-19(17-15-18)25-26-22-11-7-13-24(22)33-30(26)31-28-21-10-5-6-12-23(21)32-29(27(25)28)20-8-3-2-4-9-20;/h2-6,8-10,12,14-17,29H,7,11,13H2,1H3;1H. The molecule has 2 aromatic heterocycles. The van der Waals surface area contributed by atoms with Gasteiger partial charge in [0.25, 0.3) is 0 Å². The van der Waals surface area contributed by atoms with Crippen LogP contribution in [0.3, 0.4) is 0 Å². The van der Waals surface area contributed by atoms with Gasteiger partial charge in [0.1, 0.15) is 10.6 Å². The highest BCUT2D eigenvalue weighted by Gasteiger charge is 2.34.